The topological polar surface area (TPSA) is 28.2 Å². The van der Waals surface area contributed by atoms with Gasteiger partial charge >= 0.3 is 0 Å². The first kappa shape index (κ1) is 12.5. The molecule has 4 aliphatic carbocycles. The number of rotatable bonds is 3. The summed E-state index contributed by atoms with van der Waals surface area (Å²) in [6.07, 6.45) is 9.39. The average molecular weight is 271 g/mol. The molecule has 1 aromatic heterocycles. The molecule has 4 bridgehead atoms. The molecule has 0 spiro atoms. The zero-order valence-corrected chi connectivity index (χ0v) is 12.5. The van der Waals surface area contributed by atoms with E-state index in [-0.39, 0.29) is 0 Å². The number of hydrogen-bond acceptors (Lipinski definition) is 3. The molecule has 1 N–H and O–H groups in total. The second kappa shape index (κ2) is 4.64. The smallest absolute Gasteiger partial charge is 0.128 e. The first-order valence-corrected chi connectivity index (χ1v) is 8.09. The number of aromatic nitrogens is 1. The van der Waals surface area contributed by atoms with E-state index in [9.17, 15) is 0 Å². The van der Waals surface area contributed by atoms with Crippen molar-refractivity contribution in [2.45, 2.75) is 38.1 Å². The Morgan fingerprint density at radius 2 is 1.65 bits per heavy atom. The van der Waals surface area contributed by atoms with Gasteiger partial charge in [-0.2, -0.15) is 0 Å². The highest BCUT2D eigenvalue weighted by Crippen LogP contribution is 2.54. The van der Waals surface area contributed by atoms with Crippen LogP contribution in [0.2, 0.25) is 0 Å². The van der Waals surface area contributed by atoms with E-state index in [1.807, 2.05) is 25.2 Å². The highest BCUT2D eigenvalue weighted by molar-refractivity contribution is 5.48. The van der Waals surface area contributed by atoms with E-state index >= 15 is 0 Å². The van der Waals surface area contributed by atoms with Gasteiger partial charge in [0.2, 0.25) is 0 Å². The van der Waals surface area contributed by atoms with Gasteiger partial charge in [-0.1, -0.05) is 0 Å². The van der Waals surface area contributed by atoms with Crippen LogP contribution in [-0.2, 0) is 0 Å². The third-order valence-corrected chi connectivity index (χ3v) is 5.77. The lowest BCUT2D eigenvalue weighted by molar-refractivity contribution is 0.00753. The van der Waals surface area contributed by atoms with Crippen LogP contribution < -0.4 is 10.2 Å². The largest absolute Gasteiger partial charge is 0.381 e. The van der Waals surface area contributed by atoms with Gasteiger partial charge in [0.1, 0.15) is 5.82 Å². The lowest BCUT2D eigenvalue weighted by Gasteiger charge is -2.54. The lowest BCUT2D eigenvalue weighted by Crippen LogP contribution is -2.51. The summed E-state index contributed by atoms with van der Waals surface area (Å²) >= 11 is 0. The van der Waals surface area contributed by atoms with E-state index in [1.165, 1.54) is 37.8 Å². The molecule has 0 radical (unpaired) electrons. The number of pyridine rings is 1. The monoisotopic (exact) mass is 271 g/mol. The summed E-state index contributed by atoms with van der Waals surface area (Å²) in [6, 6.07) is 5.00. The van der Waals surface area contributed by atoms with Gasteiger partial charge in [-0.05, 0) is 67.9 Å². The normalized spacial score (nSPS) is 38.0. The van der Waals surface area contributed by atoms with E-state index < -0.39 is 0 Å². The van der Waals surface area contributed by atoms with Crippen molar-refractivity contribution < 1.29 is 0 Å². The number of nitrogens with zero attached hydrogens (tertiary/aromatic N) is 2. The summed E-state index contributed by atoms with van der Waals surface area (Å²) in [5.74, 6) is 4.95. The summed E-state index contributed by atoms with van der Waals surface area (Å²) in [7, 11) is 4.07. The van der Waals surface area contributed by atoms with Crippen LogP contribution in [0, 0.1) is 23.7 Å². The Hall–Kier alpha value is -1.25. The molecule has 1 aromatic rings. The van der Waals surface area contributed by atoms with Gasteiger partial charge in [0.25, 0.3) is 0 Å². The van der Waals surface area contributed by atoms with Crippen molar-refractivity contribution in [1.82, 2.24) is 4.98 Å². The number of hydrogen-bond donors (Lipinski definition) is 1. The van der Waals surface area contributed by atoms with E-state index in [0.717, 1.165) is 29.5 Å². The summed E-state index contributed by atoms with van der Waals surface area (Å²) in [6.45, 7) is 0. The summed E-state index contributed by atoms with van der Waals surface area (Å²) < 4.78 is 0. The molecule has 3 nitrogen and oxygen atoms in total. The molecule has 4 fully saturated rings. The van der Waals surface area contributed by atoms with Gasteiger partial charge in [0.05, 0.1) is 11.9 Å². The van der Waals surface area contributed by atoms with E-state index in [4.69, 9.17) is 0 Å². The quantitative estimate of drug-likeness (QED) is 0.913. The molecule has 3 heteroatoms. The Kier molecular flexibility index (Phi) is 2.90. The Balaban J connectivity index is 1.49. The van der Waals surface area contributed by atoms with Crippen molar-refractivity contribution in [3.8, 4) is 0 Å². The molecule has 0 amide bonds. The Morgan fingerprint density at radius 1 is 1.00 bits per heavy atom. The van der Waals surface area contributed by atoms with Crippen LogP contribution in [-0.4, -0.2) is 25.1 Å². The zero-order valence-electron chi connectivity index (χ0n) is 12.5. The predicted molar refractivity (Wildman–Crippen MR) is 83.0 cm³/mol. The second-order valence-electron chi connectivity index (χ2n) is 7.40. The molecule has 0 atom stereocenters. The van der Waals surface area contributed by atoms with Crippen LogP contribution in [0.1, 0.15) is 32.1 Å². The van der Waals surface area contributed by atoms with Gasteiger partial charge in [0, 0.05) is 20.1 Å². The molecule has 4 aliphatic rings. The SMILES string of the molecule is CN(C)c1ccc(NC2C3CC4CC(C3)CC2C4)cn1. The molecule has 5 rings (SSSR count). The fraction of sp³-hybridized carbons (Fsp3) is 0.706. The maximum Gasteiger partial charge on any atom is 0.128 e. The molecule has 20 heavy (non-hydrogen) atoms. The first-order chi connectivity index (χ1) is 9.69. The van der Waals surface area contributed by atoms with Gasteiger partial charge in [-0.3, -0.25) is 0 Å². The molecule has 0 aliphatic heterocycles. The fourth-order valence-corrected chi connectivity index (χ4v) is 5.09. The van der Waals surface area contributed by atoms with Gasteiger partial charge < -0.3 is 10.2 Å². The maximum absolute atomic E-state index is 4.52. The number of anilines is 2. The van der Waals surface area contributed by atoms with Crippen molar-refractivity contribution in [3.05, 3.63) is 18.3 Å². The zero-order chi connectivity index (χ0) is 13.7. The van der Waals surface area contributed by atoms with Crippen LogP contribution in [0.5, 0.6) is 0 Å². The van der Waals surface area contributed by atoms with Crippen LogP contribution in [0.4, 0.5) is 11.5 Å². The summed E-state index contributed by atoms with van der Waals surface area (Å²) in [5.41, 5.74) is 1.20. The van der Waals surface area contributed by atoms with E-state index in [1.54, 1.807) is 0 Å². The van der Waals surface area contributed by atoms with Crippen LogP contribution in [0.3, 0.4) is 0 Å². The van der Waals surface area contributed by atoms with Gasteiger partial charge in [0.15, 0.2) is 0 Å². The first-order valence-electron chi connectivity index (χ1n) is 8.09. The molecule has 0 unspecified atom stereocenters. The predicted octanol–water partition coefficient (Wildman–Crippen LogP) is 3.38. The highest BCUT2D eigenvalue weighted by atomic mass is 15.1. The molecule has 0 saturated heterocycles. The standard InChI is InChI=1S/C17H25N3/c1-20(2)16-4-3-15(10-18-16)19-17-13-6-11-5-12(8-13)9-14(17)7-11/h3-4,10-14,17,19H,5-9H2,1-2H3. The van der Waals surface area contributed by atoms with Crippen LogP contribution >= 0.6 is 0 Å². The van der Waals surface area contributed by atoms with Gasteiger partial charge in [-0.15, -0.1) is 0 Å². The number of nitrogens with one attached hydrogen (secondary N) is 1. The van der Waals surface area contributed by atoms with Crippen LogP contribution in [0.15, 0.2) is 18.3 Å². The third-order valence-electron chi connectivity index (χ3n) is 5.77. The second-order valence-corrected chi connectivity index (χ2v) is 7.40. The maximum atomic E-state index is 4.52. The molecular formula is C17H25N3. The van der Waals surface area contributed by atoms with Crippen LogP contribution in [0.25, 0.3) is 0 Å². The van der Waals surface area contributed by atoms with Gasteiger partial charge in [-0.25, -0.2) is 4.98 Å². The van der Waals surface area contributed by atoms with E-state index in [0.29, 0.717) is 6.04 Å². The Morgan fingerprint density at radius 3 is 2.15 bits per heavy atom. The third kappa shape index (κ3) is 2.07. The van der Waals surface area contributed by atoms with Crippen molar-refractivity contribution in [2.24, 2.45) is 23.7 Å². The minimum atomic E-state index is 0.704. The lowest BCUT2D eigenvalue weighted by atomic mass is 9.54. The highest BCUT2D eigenvalue weighted by Gasteiger charge is 2.48. The Labute approximate surface area is 121 Å². The molecular weight excluding hydrogens is 246 g/mol. The summed E-state index contributed by atoms with van der Waals surface area (Å²) in [5, 5.41) is 3.81. The van der Waals surface area contributed by atoms with Crippen molar-refractivity contribution in [2.75, 3.05) is 24.3 Å². The minimum Gasteiger partial charge on any atom is -0.381 e. The van der Waals surface area contributed by atoms with E-state index in [2.05, 4.69) is 22.4 Å². The Bertz CT molecular complexity index is 452. The molecule has 1 heterocycles. The molecule has 108 valence electrons. The van der Waals surface area contributed by atoms with Crippen molar-refractivity contribution in [1.29, 1.82) is 0 Å². The van der Waals surface area contributed by atoms with Crippen molar-refractivity contribution >= 4 is 11.5 Å². The van der Waals surface area contributed by atoms with Crippen molar-refractivity contribution in [3.63, 3.8) is 0 Å². The fourth-order valence-electron chi connectivity index (χ4n) is 5.09. The average Bonchev–Trinajstić information content (AvgIpc) is 2.42. The molecule has 4 saturated carbocycles. The molecule has 0 aromatic carbocycles. The minimum absolute atomic E-state index is 0.704. The summed E-state index contributed by atoms with van der Waals surface area (Å²) in [4.78, 5) is 6.57.